The Kier molecular flexibility index (Phi) is 5.80. The molecule has 3 heterocycles. The van der Waals surface area contributed by atoms with E-state index < -0.39 is 38.7 Å². The molecule has 2 bridgehead atoms. The third kappa shape index (κ3) is 3.22. The lowest BCUT2D eigenvalue weighted by Crippen LogP contribution is -2.35. The van der Waals surface area contributed by atoms with Crippen molar-refractivity contribution in [1.29, 1.82) is 5.26 Å². The fourth-order valence-electron chi connectivity index (χ4n) is 3.66. The van der Waals surface area contributed by atoms with E-state index in [1.807, 2.05) is 0 Å². The Morgan fingerprint density at radius 1 is 1.14 bits per heavy atom. The quantitative estimate of drug-likeness (QED) is 0.529. The minimum absolute atomic E-state index is 0.0711. The van der Waals surface area contributed by atoms with Crippen LogP contribution in [0, 0.1) is 42.9 Å². The highest BCUT2D eigenvalue weighted by Gasteiger charge is 2.59. The highest BCUT2D eigenvalue weighted by Crippen LogP contribution is 2.46. The molecule has 28 heavy (non-hydrogen) atoms. The number of hydrogen-bond acceptors (Lipinski definition) is 4. The van der Waals surface area contributed by atoms with Crippen LogP contribution in [0.4, 0.5) is 18.9 Å². The van der Waals surface area contributed by atoms with Crippen LogP contribution in [0.5, 0.6) is 0 Å². The first kappa shape index (κ1) is 21.4. The summed E-state index contributed by atoms with van der Waals surface area (Å²) in [6.07, 6.45) is 13.9. The highest BCUT2D eigenvalue weighted by atomic mass is 32.2. The number of anilines is 1. The predicted molar refractivity (Wildman–Crippen MR) is 97.3 cm³/mol. The molecule has 3 aliphatic rings. The Bertz CT molecular complexity index is 968. The second kappa shape index (κ2) is 7.59. The first-order valence-electron chi connectivity index (χ1n) is 7.87. The average Bonchev–Trinajstić information content (AvgIpc) is 3.36. The number of ether oxygens (including phenoxy) is 1. The first-order chi connectivity index (χ1) is 13.2. The normalized spacial score (nSPS) is 28.3. The molecule has 9 heteroatoms. The van der Waals surface area contributed by atoms with Gasteiger partial charge in [0.05, 0.1) is 35.1 Å². The van der Waals surface area contributed by atoms with E-state index in [0.29, 0.717) is 0 Å². The number of alkyl halides is 3. The zero-order valence-electron chi connectivity index (χ0n) is 14.4. The van der Waals surface area contributed by atoms with Crippen LogP contribution < -0.4 is 4.31 Å². The topological polar surface area (TPSA) is 70.4 Å². The van der Waals surface area contributed by atoms with Crippen LogP contribution in [0.3, 0.4) is 0 Å². The number of terminal acetylenes is 2. The van der Waals surface area contributed by atoms with E-state index in [2.05, 4.69) is 25.7 Å². The second-order valence-electron chi connectivity index (χ2n) is 5.99. The number of fused-ring (bicyclic) bond motifs is 5. The van der Waals surface area contributed by atoms with Crippen LogP contribution in [0.2, 0.25) is 0 Å². The maximum Gasteiger partial charge on any atom is 0.417 e. The van der Waals surface area contributed by atoms with Gasteiger partial charge in [-0.05, 0) is 18.2 Å². The van der Waals surface area contributed by atoms with Gasteiger partial charge >= 0.3 is 6.18 Å². The molecule has 0 aromatic heterocycles. The molecule has 0 saturated carbocycles. The van der Waals surface area contributed by atoms with Crippen molar-refractivity contribution in [1.82, 2.24) is 0 Å². The fourth-order valence-corrected chi connectivity index (χ4v) is 5.92. The van der Waals surface area contributed by atoms with Crippen molar-refractivity contribution in [2.75, 3.05) is 10.8 Å². The van der Waals surface area contributed by atoms with E-state index in [9.17, 15) is 21.6 Å². The van der Waals surface area contributed by atoms with Gasteiger partial charge in [-0.3, -0.25) is 4.31 Å². The lowest BCUT2D eigenvalue weighted by molar-refractivity contribution is -0.137. The molecule has 5 nitrogen and oxygen atoms in total. The van der Waals surface area contributed by atoms with E-state index in [1.165, 1.54) is 12.1 Å². The van der Waals surface area contributed by atoms with E-state index in [1.54, 1.807) is 12.2 Å². The number of benzene rings is 1. The van der Waals surface area contributed by atoms with Crippen molar-refractivity contribution in [3.05, 3.63) is 41.5 Å². The summed E-state index contributed by atoms with van der Waals surface area (Å²) >= 11 is 0. The summed E-state index contributed by atoms with van der Waals surface area (Å²) in [6.45, 7) is 0.0711. The van der Waals surface area contributed by atoms with Crippen molar-refractivity contribution >= 4 is 15.7 Å². The van der Waals surface area contributed by atoms with Gasteiger partial charge in [0.1, 0.15) is 5.25 Å². The summed E-state index contributed by atoms with van der Waals surface area (Å²) in [7, 11) is -3.82. The number of hydrogen-bond donors (Lipinski definition) is 0. The van der Waals surface area contributed by atoms with E-state index in [4.69, 9.17) is 10.00 Å². The van der Waals surface area contributed by atoms with E-state index >= 15 is 0 Å². The van der Waals surface area contributed by atoms with Crippen LogP contribution in [0.1, 0.15) is 11.1 Å². The maximum absolute atomic E-state index is 13.1. The third-order valence-corrected chi connectivity index (χ3v) is 7.00. The SMILES string of the molecule is C#C.C#C.N#Cc1ccc(N2CC3C([C@H]4C=C[C@@H]3O4)S2(=O)=O)cc1C(F)(F)F. The average molecular weight is 408 g/mol. The minimum Gasteiger partial charge on any atom is -0.365 e. The molecule has 2 saturated heterocycles. The summed E-state index contributed by atoms with van der Waals surface area (Å²) in [5.41, 5.74) is -1.74. The molecule has 4 atom stereocenters. The Labute approximate surface area is 161 Å². The van der Waals surface area contributed by atoms with Gasteiger partial charge < -0.3 is 4.74 Å². The zero-order chi connectivity index (χ0) is 21.3. The van der Waals surface area contributed by atoms with Crippen molar-refractivity contribution in [3.8, 4) is 31.8 Å². The van der Waals surface area contributed by atoms with Gasteiger partial charge in [-0.2, -0.15) is 18.4 Å². The van der Waals surface area contributed by atoms with Gasteiger partial charge in [0, 0.05) is 12.5 Å². The number of rotatable bonds is 1. The molecule has 2 unspecified atom stereocenters. The summed E-state index contributed by atoms with van der Waals surface area (Å²) in [4.78, 5) is 0. The smallest absolute Gasteiger partial charge is 0.365 e. The number of sulfonamides is 1. The molecule has 0 spiro atoms. The Balaban J connectivity index is 0.000000660. The Morgan fingerprint density at radius 3 is 2.29 bits per heavy atom. The standard InChI is InChI=1S/C15H11F3N2O3S.2C2H2/c16-15(17,18)11-5-9(2-1-8(11)6-19)20-7-10-12-3-4-13(23-12)14(10)24(20,21)22;2*1-2/h1-5,10,12-14H,7H2;2*1-2H/t10?,12-,13+,14?;;/m0../s1. The number of halogens is 3. The summed E-state index contributed by atoms with van der Waals surface area (Å²) in [5, 5.41) is 8.08. The predicted octanol–water partition coefficient (Wildman–Crippen LogP) is 2.55. The first-order valence-corrected chi connectivity index (χ1v) is 9.37. The second-order valence-corrected chi connectivity index (χ2v) is 8.01. The molecule has 3 aliphatic heterocycles. The molecule has 0 amide bonds. The van der Waals surface area contributed by atoms with Crippen LogP contribution in [-0.4, -0.2) is 32.4 Å². The van der Waals surface area contributed by atoms with E-state index in [-0.39, 0.29) is 24.3 Å². The molecule has 4 rings (SSSR count). The minimum atomic E-state index is -4.73. The van der Waals surface area contributed by atoms with Gasteiger partial charge in [-0.1, -0.05) is 12.2 Å². The van der Waals surface area contributed by atoms with Gasteiger partial charge in [-0.25, -0.2) is 8.42 Å². The molecule has 0 radical (unpaired) electrons. The van der Waals surface area contributed by atoms with Crippen molar-refractivity contribution in [2.45, 2.75) is 23.6 Å². The summed E-state index contributed by atoms with van der Waals surface area (Å²) in [5.74, 6) is -0.296. The number of nitrogens with zero attached hydrogens (tertiary/aromatic N) is 2. The molecule has 1 aromatic rings. The van der Waals surface area contributed by atoms with Crippen molar-refractivity contribution in [3.63, 3.8) is 0 Å². The molecule has 2 fully saturated rings. The van der Waals surface area contributed by atoms with Gasteiger partial charge in [0.15, 0.2) is 0 Å². The van der Waals surface area contributed by atoms with Crippen molar-refractivity contribution in [2.24, 2.45) is 5.92 Å². The van der Waals surface area contributed by atoms with Crippen molar-refractivity contribution < 1.29 is 26.3 Å². The van der Waals surface area contributed by atoms with Crippen LogP contribution in [0.25, 0.3) is 0 Å². The maximum atomic E-state index is 13.1. The van der Waals surface area contributed by atoms with Gasteiger partial charge in [0.25, 0.3) is 0 Å². The molecule has 1 aromatic carbocycles. The molecule has 0 N–H and O–H groups in total. The zero-order valence-corrected chi connectivity index (χ0v) is 15.2. The summed E-state index contributed by atoms with van der Waals surface area (Å²) < 4.78 is 71.4. The van der Waals surface area contributed by atoms with E-state index in [0.717, 1.165) is 16.4 Å². The largest absolute Gasteiger partial charge is 0.417 e. The lowest BCUT2D eigenvalue weighted by Gasteiger charge is -2.22. The lowest BCUT2D eigenvalue weighted by atomic mass is 9.94. The monoisotopic (exact) mass is 408 g/mol. The highest BCUT2D eigenvalue weighted by molar-refractivity contribution is 7.93. The Morgan fingerprint density at radius 2 is 1.75 bits per heavy atom. The number of nitriles is 1. The summed E-state index contributed by atoms with van der Waals surface area (Å²) in [6, 6.07) is 4.46. The molecular weight excluding hydrogens is 393 g/mol. The van der Waals surface area contributed by atoms with Crippen LogP contribution in [-0.2, 0) is 20.9 Å². The molecular formula is C19H15F3N2O3S. The third-order valence-electron chi connectivity index (χ3n) is 4.72. The van der Waals surface area contributed by atoms with Gasteiger partial charge in [-0.15, -0.1) is 25.7 Å². The Hall–Kier alpha value is -2.93. The van der Waals surface area contributed by atoms with Gasteiger partial charge in [0.2, 0.25) is 10.0 Å². The molecule has 146 valence electrons. The molecule has 0 aliphatic carbocycles. The fraction of sp³-hybridized carbons (Fsp3) is 0.316. The van der Waals surface area contributed by atoms with Crippen LogP contribution >= 0.6 is 0 Å². The van der Waals surface area contributed by atoms with Crippen LogP contribution in [0.15, 0.2) is 30.4 Å².